The first-order valence-corrected chi connectivity index (χ1v) is 10.9. The smallest absolute Gasteiger partial charge is 0.270 e. The summed E-state index contributed by atoms with van der Waals surface area (Å²) in [6.07, 6.45) is 0. The molecule has 0 atom stereocenters. The first-order valence-electron chi connectivity index (χ1n) is 8.72. The first kappa shape index (κ1) is 22.2. The van der Waals surface area contributed by atoms with Crippen LogP contribution in [0.25, 0.3) is 0 Å². The Hall–Kier alpha value is -2.51. The van der Waals surface area contributed by atoms with Crippen molar-refractivity contribution >= 4 is 56.0 Å². The SMILES string of the molecule is O=[N+]([O-])c1ccc(NNC(=S)Nc2ccc(Cl)cc2)c(S(=O)(=O)N2CCOCC2)c1. The molecule has 3 N–H and O–H groups in total. The molecule has 1 saturated heterocycles. The van der Waals surface area contributed by atoms with Crippen LogP contribution >= 0.6 is 23.8 Å². The summed E-state index contributed by atoms with van der Waals surface area (Å²) in [6.45, 7) is 0.831. The molecule has 0 unspecified atom stereocenters. The molecule has 30 heavy (non-hydrogen) atoms. The van der Waals surface area contributed by atoms with E-state index in [2.05, 4.69) is 16.2 Å². The highest BCUT2D eigenvalue weighted by Crippen LogP contribution is 2.29. The maximum absolute atomic E-state index is 13.1. The third kappa shape index (κ3) is 5.34. The lowest BCUT2D eigenvalue weighted by Gasteiger charge is -2.27. The van der Waals surface area contributed by atoms with E-state index in [0.29, 0.717) is 10.7 Å². The summed E-state index contributed by atoms with van der Waals surface area (Å²) < 4.78 is 32.6. The number of rotatable bonds is 6. The van der Waals surface area contributed by atoms with Gasteiger partial charge in [0.25, 0.3) is 5.69 Å². The fourth-order valence-electron chi connectivity index (χ4n) is 2.69. The normalized spacial score (nSPS) is 14.7. The molecule has 2 aromatic rings. The molecule has 1 heterocycles. The molecule has 0 radical (unpaired) electrons. The molecule has 1 fully saturated rings. The number of hydrogen-bond donors (Lipinski definition) is 3. The van der Waals surface area contributed by atoms with E-state index < -0.39 is 14.9 Å². The van der Waals surface area contributed by atoms with E-state index in [1.54, 1.807) is 24.3 Å². The van der Waals surface area contributed by atoms with E-state index in [1.807, 2.05) is 0 Å². The lowest BCUT2D eigenvalue weighted by atomic mass is 10.3. The van der Waals surface area contributed by atoms with Crippen LogP contribution in [-0.4, -0.2) is 49.1 Å². The van der Waals surface area contributed by atoms with E-state index in [4.69, 9.17) is 28.6 Å². The van der Waals surface area contributed by atoms with Crippen molar-refractivity contribution in [2.45, 2.75) is 4.90 Å². The second-order valence-electron chi connectivity index (χ2n) is 6.17. The Kier molecular flexibility index (Phi) is 7.05. The van der Waals surface area contributed by atoms with Crippen molar-refractivity contribution in [2.24, 2.45) is 0 Å². The van der Waals surface area contributed by atoms with E-state index in [9.17, 15) is 18.5 Å². The highest BCUT2D eigenvalue weighted by atomic mass is 35.5. The van der Waals surface area contributed by atoms with Gasteiger partial charge in [-0.2, -0.15) is 4.31 Å². The van der Waals surface area contributed by atoms with Gasteiger partial charge in [-0.05, 0) is 42.5 Å². The molecule has 2 aromatic carbocycles. The van der Waals surface area contributed by atoms with Crippen LogP contribution in [0.4, 0.5) is 17.1 Å². The molecule has 0 aliphatic carbocycles. The van der Waals surface area contributed by atoms with Crippen molar-refractivity contribution in [1.29, 1.82) is 0 Å². The number of nitrogens with one attached hydrogen (secondary N) is 3. The molecule has 0 aromatic heterocycles. The Morgan fingerprint density at radius 2 is 1.83 bits per heavy atom. The zero-order valence-electron chi connectivity index (χ0n) is 15.5. The molecule has 10 nitrogen and oxygen atoms in total. The van der Waals surface area contributed by atoms with Crippen molar-refractivity contribution < 1.29 is 18.1 Å². The molecule has 0 spiro atoms. The Morgan fingerprint density at radius 1 is 1.17 bits per heavy atom. The predicted molar refractivity (Wildman–Crippen MR) is 117 cm³/mol. The number of anilines is 2. The zero-order chi connectivity index (χ0) is 21.7. The van der Waals surface area contributed by atoms with Gasteiger partial charge in [0.2, 0.25) is 10.0 Å². The fourth-order valence-corrected chi connectivity index (χ4v) is 4.56. The van der Waals surface area contributed by atoms with E-state index >= 15 is 0 Å². The highest BCUT2D eigenvalue weighted by Gasteiger charge is 2.30. The van der Waals surface area contributed by atoms with Gasteiger partial charge in [-0.3, -0.25) is 21.0 Å². The number of hydrazine groups is 1. The zero-order valence-corrected chi connectivity index (χ0v) is 17.9. The maximum Gasteiger partial charge on any atom is 0.270 e. The molecule has 13 heteroatoms. The number of non-ortho nitro benzene ring substituents is 1. The predicted octanol–water partition coefficient (Wildman–Crippen LogP) is 2.58. The number of nitro benzene ring substituents is 1. The number of sulfonamides is 1. The van der Waals surface area contributed by atoms with Gasteiger partial charge in [-0.25, -0.2) is 8.42 Å². The van der Waals surface area contributed by atoms with Gasteiger partial charge in [-0.15, -0.1) is 0 Å². The summed E-state index contributed by atoms with van der Waals surface area (Å²) in [4.78, 5) is 10.3. The molecular formula is C17H18ClN5O5S2. The summed E-state index contributed by atoms with van der Waals surface area (Å²) in [5, 5.41) is 14.8. The highest BCUT2D eigenvalue weighted by molar-refractivity contribution is 7.89. The number of thiocarbonyl (C=S) groups is 1. The summed E-state index contributed by atoms with van der Waals surface area (Å²) in [5.41, 5.74) is 5.85. The Bertz CT molecular complexity index is 1040. The first-order chi connectivity index (χ1) is 14.3. The summed E-state index contributed by atoms with van der Waals surface area (Å²) >= 11 is 11.0. The number of ether oxygens (including phenoxy) is 1. The molecular weight excluding hydrogens is 454 g/mol. The van der Waals surface area contributed by atoms with E-state index in [1.165, 1.54) is 16.4 Å². The van der Waals surface area contributed by atoms with Crippen LogP contribution in [-0.2, 0) is 14.8 Å². The van der Waals surface area contributed by atoms with Crippen LogP contribution < -0.4 is 16.2 Å². The summed E-state index contributed by atoms with van der Waals surface area (Å²) in [6, 6.07) is 10.3. The van der Waals surface area contributed by atoms with Gasteiger partial charge < -0.3 is 10.1 Å². The van der Waals surface area contributed by atoms with Crippen molar-refractivity contribution in [3.05, 3.63) is 57.6 Å². The van der Waals surface area contributed by atoms with E-state index in [-0.39, 0.29) is 47.7 Å². The van der Waals surface area contributed by atoms with Gasteiger partial charge in [-0.1, -0.05) is 11.6 Å². The number of hydrogen-bond acceptors (Lipinski definition) is 7. The van der Waals surface area contributed by atoms with Crippen LogP contribution in [0, 0.1) is 10.1 Å². The molecule has 0 amide bonds. The standard InChI is InChI=1S/C17H18ClN5O5S2/c18-12-1-3-13(4-2-12)19-17(29)21-20-15-6-5-14(23(24)25)11-16(15)30(26,27)22-7-9-28-10-8-22/h1-6,11,20H,7-10H2,(H2,19,21,29). The van der Waals surface area contributed by atoms with Crippen molar-refractivity contribution in [3.8, 4) is 0 Å². The summed E-state index contributed by atoms with van der Waals surface area (Å²) in [7, 11) is -3.99. The average molecular weight is 472 g/mol. The van der Waals surface area contributed by atoms with Crippen LogP contribution in [0.5, 0.6) is 0 Å². The second kappa shape index (κ2) is 9.53. The fraction of sp³-hybridized carbons (Fsp3) is 0.235. The molecule has 3 rings (SSSR count). The van der Waals surface area contributed by atoms with Crippen molar-refractivity contribution in [1.82, 2.24) is 9.73 Å². The quantitative estimate of drug-likeness (QED) is 0.331. The number of nitro groups is 1. The minimum atomic E-state index is -3.99. The third-order valence-corrected chi connectivity index (χ3v) is 6.57. The lowest BCUT2D eigenvalue weighted by Crippen LogP contribution is -2.41. The van der Waals surface area contributed by atoms with E-state index in [0.717, 1.165) is 6.07 Å². The monoisotopic (exact) mass is 471 g/mol. The molecule has 160 valence electrons. The Labute approximate surface area is 183 Å². The molecule has 0 saturated carbocycles. The van der Waals surface area contributed by atoms with Crippen LogP contribution in [0.2, 0.25) is 5.02 Å². The molecule has 1 aliphatic rings. The Balaban J connectivity index is 1.80. The van der Waals surface area contributed by atoms with Gasteiger partial charge in [0, 0.05) is 35.9 Å². The molecule has 0 bridgehead atoms. The number of morpholine rings is 1. The topological polar surface area (TPSA) is 126 Å². The average Bonchev–Trinajstić information content (AvgIpc) is 2.74. The van der Waals surface area contributed by atoms with Gasteiger partial charge >= 0.3 is 0 Å². The summed E-state index contributed by atoms with van der Waals surface area (Å²) in [5.74, 6) is 0. The minimum Gasteiger partial charge on any atom is -0.379 e. The minimum absolute atomic E-state index is 0.118. The van der Waals surface area contributed by atoms with Crippen molar-refractivity contribution in [3.63, 3.8) is 0 Å². The van der Waals surface area contributed by atoms with Crippen LogP contribution in [0.15, 0.2) is 47.4 Å². The number of halogens is 1. The Morgan fingerprint density at radius 3 is 2.47 bits per heavy atom. The van der Waals surface area contributed by atoms with Gasteiger partial charge in [0.15, 0.2) is 5.11 Å². The number of nitrogens with zero attached hydrogens (tertiary/aromatic N) is 2. The third-order valence-electron chi connectivity index (χ3n) is 4.18. The second-order valence-corrected chi connectivity index (χ2v) is 8.92. The maximum atomic E-state index is 13.1. The molecule has 1 aliphatic heterocycles. The number of benzene rings is 2. The van der Waals surface area contributed by atoms with Crippen LogP contribution in [0.3, 0.4) is 0 Å². The largest absolute Gasteiger partial charge is 0.379 e. The van der Waals surface area contributed by atoms with Crippen molar-refractivity contribution in [2.75, 3.05) is 37.0 Å². The lowest BCUT2D eigenvalue weighted by molar-refractivity contribution is -0.385. The van der Waals surface area contributed by atoms with Gasteiger partial charge in [0.05, 0.1) is 23.8 Å². The van der Waals surface area contributed by atoms with Crippen LogP contribution in [0.1, 0.15) is 0 Å². The van der Waals surface area contributed by atoms with Gasteiger partial charge in [0.1, 0.15) is 4.90 Å².